The first kappa shape index (κ1) is 14.7. The molecule has 0 aromatic rings. The molecule has 0 bridgehead atoms. The van der Waals surface area contributed by atoms with Gasteiger partial charge in [0, 0.05) is 0 Å². The van der Waals surface area contributed by atoms with Crippen molar-refractivity contribution in [1.82, 2.24) is 0 Å². The monoisotopic (exact) mass is 259 g/mol. The van der Waals surface area contributed by atoms with Crippen LogP contribution in [-0.4, -0.2) is 0 Å². The van der Waals surface area contributed by atoms with Crippen LogP contribution in [0.3, 0.4) is 0 Å². The van der Waals surface area contributed by atoms with E-state index in [1.54, 1.807) is 0 Å². The molecule has 2 aliphatic rings. The molecule has 0 heterocycles. The molecule has 0 aromatic heterocycles. The molecular weight excluding hydrogens is 248 g/mol. The Kier molecular flexibility index (Phi) is 13.6. The Morgan fingerprint density at radius 1 is 0.917 bits per heavy atom. The third kappa shape index (κ3) is 8.25. The molecule has 12 heavy (non-hydrogen) atoms. The van der Waals surface area contributed by atoms with Crippen LogP contribution < -0.4 is 0 Å². The summed E-state index contributed by atoms with van der Waals surface area (Å²) in [6.07, 6.45) is 20.0. The minimum absolute atomic E-state index is 0. The molecule has 0 aliphatic heterocycles. The van der Waals surface area contributed by atoms with Gasteiger partial charge >= 0.3 is 21.7 Å². The molecule has 0 N–H and O–H groups in total. The molecule has 0 aromatic carbocycles. The van der Waals surface area contributed by atoms with E-state index in [4.69, 9.17) is 0 Å². The topological polar surface area (TPSA) is 0 Å². The van der Waals surface area contributed by atoms with Crippen LogP contribution in [0.1, 0.15) is 14.3 Å². The smallest absolute Gasteiger partial charge is 1.00 e. The summed E-state index contributed by atoms with van der Waals surface area (Å²) in [6, 6.07) is 0. The van der Waals surface area contributed by atoms with Crippen molar-refractivity contribution in [3.63, 3.8) is 0 Å². The van der Waals surface area contributed by atoms with Crippen LogP contribution >= 0.6 is 17.0 Å². The fourth-order valence-corrected chi connectivity index (χ4v) is 0.680. The summed E-state index contributed by atoms with van der Waals surface area (Å²) in [4.78, 5) is 0. The van der Waals surface area contributed by atoms with Crippen molar-refractivity contribution < 1.29 is 23.1 Å². The summed E-state index contributed by atoms with van der Waals surface area (Å²) in [5, 5.41) is 0. The third-order valence-electron chi connectivity index (χ3n) is 1.17. The van der Waals surface area contributed by atoms with Crippen LogP contribution in [0, 0.1) is 12.2 Å². The van der Waals surface area contributed by atoms with E-state index in [0.717, 1.165) is 12.8 Å². The van der Waals surface area contributed by atoms with E-state index in [-0.39, 0.29) is 40.1 Å². The number of halogens is 1. The van der Waals surface area contributed by atoms with Crippen molar-refractivity contribution in [3.8, 4) is 0 Å². The van der Waals surface area contributed by atoms with Crippen LogP contribution in [0.5, 0.6) is 0 Å². The number of hydrogen-bond donors (Lipinski definition) is 0. The maximum Gasteiger partial charge on any atom is 2.00 e. The first-order chi connectivity index (χ1) is 5.00. The van der Waals surface area contributed by atoms with Crippen LogP contribution in [0.15, 0.2) is 36.5 Å². The molecule has 0 atom stereocenters. The average Bonchev–Trinajstić information content (AvgIpc) is 2.67. The zero-order valence-corrected chi connectivity index (χ0v) is 10.1. The molecule has 0 unspecified atom stereocenters. The maximum atomic E-state index is 2.99. The fraction of sp³-hybridized carbons (Fsp3) is 0.200. The van der Waals surface area contributed by atoms with E-state index in [1.165, 1.54) is 0 Å². The first-order valence-corrected chi connectivity index (χ1v) is 3.43. The molecule has 0 saturated carbocycles. The second-order valence-electron chi connectivity index (χ2n) is 2.01. The largest absolute Gasteiger partial charge is 2.00 e. The van der Waals surface area contributed by atoms with E-state index in [1.807, 2.05) is 24.3 Å². The summed E-state index contributed by atoms with van der Waals surface area (Å²) in [7, 11) is 0. The van der Waals surface area contributed by atoms with Crippen molar-refractivity contribution in [2.45, 2.75) is 12.8 Å². The van der Waals surface area contributed by atoms with Crippen LogP contribution in [-0.2, 0) is 21.7 Å². The minimum atomic E-state index is 0. The average molecular weight is 260 g/mol. The van der Waals surface area contributed by atoms with E-state index >= 15 is 0 Å². The van der Waals surface area contributed by atoms with Crippen molar-refractivity contribution in [2.24, 2.45) is 0 Å². The summed E-state index contributed by atoms with van der Waals surface area (Å²) in [5.74, 6) is 0. The second-order valence-corrected chi connectivity index (χ2v) is 2.01. The molecule has 0 saturated heterocycles. The summed E-state index contributed by atoms with van der Waals surface area (Å²) >= 11 is 0. The Bertz CT molecular complexity index is 153. The van der Waals surface area contributed by atoms with Gasteiger partial charge in [-0.05, 0) is 0 Å². The molecule has 64 valence electrons. The van der Waals surface area contributed by atoms with E-state index in [2.05, 4.69) is 24.3 Å². The zero-order chi connectivity index (χ0) is 7.07. The van der Waals surface area contributed by atoms with Crippen molar-refractivity contribution >= 4 is 17.0 Å². The fourth-order valence-electron chi connectivity index (χ4n) is 0.680. The van der Waals surface area contributed by atoms with Gasteiger partial charge in [0.2, 0.25) is 0 Å². The molecule has 2 rings (SSSR count). The summed E-state index contributed by atoms with van der Waals surface area (Å²) in [6.45, 7) is 0. The van der Waals surface area contributed by atoms with Crippen LogP contribution in [0.25, 0.3) is 0 Å². The Balaban J connectivity index is -0.000000125. The predicted octanol–water partition coefficient (Wildman–Crippen LogP) is 3.30. The normalized spacial score (nSPS) is 14.7. The van der Waals surface area contributed by atoms with Gasteiger partial charge in [-0.2, -0.15) is 12.2 Å². The van der Waals surface area contributed by atoms with Crippen LogP contribution in [0.4, 0.5) is 0 Å². The summed E-state index contributed by atoms with van der Waals surface area (Å²) < 4.78 is 0. The Labute approximate surface area is 101 Å². The Morgan fingerprint density at radius 2 is 1.33 bits per heavy atom. The van der Waals surface area contributed by atoms with Gasteiger partial charge in [-0.15, -0.1) is 29.8 Å². The van der Waals surface area contributed by atoms with Gasteiger partial charge in [0.15, 0.2) is 0 Å². The molecule has 0 radical (unpaired) electrons. The Hall–Kier alpha value is 0.154. The van der Waals surface area contributed by atoms with E-state index in [9.17, 15) is 0 Å². The van der Waals surface area contributed by atoms with Gasteiger partial charge < -0.3 is 1.43 Å². The first-order valence-electron chi connectivity index (χ1n) is 3.43. The molecular formula is C10H12BrTi-. The van der Waals surface area contributed by atoms with Gasteiger partial charge in [0.05, 0.1) is 0 Å². The van der Waals surface area contributed by atoms with Crippen molar-refractivity contribution in [3.05, 3.63) is 48.6 Å². The molecule has 0 spiro atoms. The zero-order valence-electron chi connectivity index (χ0n) is 7.79. The van der Waals surface area contributed by atoms with Gasteiger partial charge in [-0.3, -0.25) is 12.2 Å². The molecule has 0 nitrogen and oxygen atoms in total. The van der Waals surface area contributed by atoms with E-state index < -0.39 is 0 Å². The SMILES string of the molecule is Br.[C-]1=CC=CC1.[C-]1=CC=CC1.[H-].[Ti+2]. The van der Waals surface area contributed by atoms with E-state index in [0.29, 0.717) is 0 Å². The van der Waals surface area contributed by atoms with Gasteiger partial charge in [-0.1, -0.05) is 0 Å². The predicted molar refractivity (Wildman–Crippen MR) is 54.6 cm³/mol. The van der Waals surface area contributed by atoms with Gasteiger partial charge in [0.1, 0.15) is 0 Å². The van der Waals surface area contributed by atoms with Gasteiger partial charge in [0.25, 0.3) is 0 Å². The number of rotatable bonds is 0. The second kappa shape index (κ2) is 11.2. The summed E-state index contributed by atoms with van der Waals surface area (Å²) in [5.41, 5.74) is 0. The molecule has 2 heteroatoms. The molecule has 0 amide bonds. The maximum absolute atomic E-state index is 2.99. The number of hydrogen-bond acceptors (Lipinski definition) is 0. The third-order valence-corrected chi connectivity index (χ3v) is 1.17. The minimum Gasteiger partial charge on any atom is -1.00 e. The number of allylic oxidation sites excluding steroid dienone is 8. The van der Waals surface area contributed by atoms with Crippen LogP contribution in [0.2, 0.25) is 0 Å². The van der Waals surface area contributed by atoms with Crippen molar-refractivity contribution in [1.29, 1.82) is 0 Å². The molecule has 2 aliphatic carbocycles. The van der Waals surface area contributed by atoms with Gasteiger partial charge in [-0.25, -0.2) is 24.3 Å². The molecule has 0 fully saturated rings. The standard InChI is InChI=1S/2C5H5.BrH.Ti.H/c2*1-2-4-5-3-1;;;/h2*1-3H,4H2;1H;;/q2*-1;;+2;-1. The quantitative estimate of drug-likeness (QED) is 0.463. The van der Waals surface area contributed by atoms with Crippen molar-refractivity contribution in [2.75, 3.05) is 0 Å². The Morgan fingerprint density at radius 3 is 1.42 bits per heavy atom.